The third-order valence-corrected chi connectivity index (χ3v) is 4.33. The van der Waals surface area contributed by atoms with Gasteiger partial charge in [-0.15, -0.1) is 0 Å². The molecule has 3 heterocycles. The first-order valence-corrected chi connectivity index (χ1v) is 8.64. The van der Waals surface area contributed by atoms with Gasteiger partial charge in [-0.3, -0.25) is 14.8 Å². The summed E-state index contributed by atoms with van der Waals surface area (Å²) in [5.41, 5.74) is 1.14. The Hall–Kier alpha value is -2.72. The lowest BCUT2D eigenvalue weighted by molar-refractivity contribution is -0.160. The van der Waals surface area contributed by atoms with Crippen LogP contribution in [0.3, 0.4) is 0 Å². The molecule has 2 aromatic heterocycles. The van der Waals surface area contributed by atoms with E-state index in [2.05, 4.69) is 10.1 Å². The first-order valence-electron chi connectivity index (χ1n) is 8.64. The summed E-state index contributed by atoms with van der Waals surface area (Å²) in [6, 6.07) is 1.40. The Labute approximate surface area is 155 Å². The van der Waals surface area contributed by atoms with E-state index in [1.165, 1.54) is 17.7 Å². The smallest absolute Gasteiger partial charge is 0.343 e. The minimum atomic E-state index is -0.668. The number of carbonyl (C=O) groups excluding carboxylic acids is 2. The van der Waals surface area contributed by atoms with Crippen molar-refractivity contribution in [2.75, 3.05) is 33.4 Å². The van der Waals surface area contributed by atoms with Gasteiger partial charge in [-0.1, -0.05) is 0 Å². The molecule has 0 spiro atoms. The highest BCUT2D eigenvalue weighted by Gasteiger charge is 2.28. The summed E-state index contributed by atoms with van der Waals surface area (Å²) in [7, 11) is 1.31. The lowest BCUT2D eigenvalue weighted by Crippen LogP contribution is -2.46. The van der Waals surface area contributed by atoms with Crippen molar-refractivity contribution in [2.45, 2.75) is 26.5 Å². The number of rotatable bonds is 5. The Morgan fingerprint density at radius 1 is 1.44 bits per heavy atom. The van der Waals surface area contributed by atoms with Gasteiger partial charge in [-0.2, -0.15) is 0 Å². The molecule has 1 atom stereocenters. The van der Waals surface area contributed by atoms with Crippen molar-refractivity contribution in [1.29, 1.82) is 0 Å². The first kappa shape index (κ1) is 19.1. The maximum absolute atomic E-state index is 12.4. The number of nitrogens with zero attached hydrogens (tertiary/aromatic N) is 3. The SMILES string of the molecule is CCOC(=O)c1c(C)[nH]n2c(=O)cc(CN3CCO[C@@H](C(=O)OC)C3)nc12. The van der Waals surface area contributed by atoms with Gasteiger partial charge in [0.2, 0.25) is 0 Å². The number of carbonyl (C=O) groups is 2. The maximum Gasteiger partial charge on any atom is 0.343 e. The Morgan fingerprint density at radius 2 is 2.22 bits per heavy atom. The van der Waals surface area contributed by atoms with E-state index in [-0.39, 0.29) is 23.4 Å². The molecule has 0 saturated carbocycles. The summed E-state index contributed by atoms with van der Waals surface area (Å²) in [4.78, 5) is 42.8. The fraction of sp³-hybridized carbons (Fsp3) is 0.529. The number of H-pyrrole nitrogens is 1. The number of esters is 2. The fourth-order valence-corrected chi connectivity index (χ4v) is 3.07. The van der Waals surface area contributed by atoms with E-state index in [1.807, 2.05) is 4.90 Å². The number of hydrogen-bond acceptors (Lipinski definition) is 8. The molecular formula is C17H22N4O6. The molecular weight excluding hydrogens is 356 g/mol. The Morgan fingerprint density at radius 3 is 2.93 bits per heavy atom. The van der Waals surface area contributed by atoms with Crippen LogP contribution in [0.2, 0.25) is 0 Å². The Kier molecular flexibility index (Phi) is 5.57. The van der Waals surface area contributed by atoms with Gasteiger partial charge >= 0.3 is 11.9 Å². The summed E-state index contributed by atoms with van der Waals surface area (Å²) in [5, 5.41) is 2.84. The largest absolute Gasteiger partial charge is 0.467 e. The monoisotopic (exact) mass is 378 g/mol. The molecule has 0 amide bonds. The molecule has 0 radical (unpaired) electrons. The van der Waals surface area contributed by atoms with Crippen molar-refractivity contribution in [1.82, 2.24) is 19.5 Å². The van der Waals surface area contributed by atoms with E-state index < -0.39 is 18.0 Å². The lowest BCUT2D eigenvalue weighted by atomic mass is 10.2. The van der Waals surface area contributed by atoms with E-state index in [4.69, 9.17) is 14.2 Å². The zero-order valence-electron chi connectivity index (χ0n) is 15.5. The molecule has 3 rings (SSSR count). The van der Waals surface area contributed by atoms with Gasteiger partial charge in [0.05, 0.1) is 26.0 Å². The van der Waals surface area contributed by atoms with Crippen LogP contribution in [-0.4, -0.2) is 71.0 Å². The summed E-state index contributed by atoms with van der Waals surface area (Å²) in [5.74, 6) is -0.969. The molecule has 1 N–H and O–H groups in total. The molecule has 0 unspecified atom stereocenters. The van der Waals surface area contributed by atoms with E-state index in [1.54, 1.807) is 13.8 Å². The molecule has 0 aliphatic carbocycles. The van der Waals surface area contributed by atoms with Crippen molar-refractivity contribution < 1.29 is 23.8 Å². The topological polar surface area (TPSA) is 115 Å². The fourth-order valence-electron chi connectivity index (χ4n) is 3.07. The van der Waals surface area contributed by atoms with Gasteiger partial charge in [-0.05, 0) is 13.8 Å². The molecule has 10 heteroatoms. The quantitative estimate of drug-likeness (QED) is 0.716. The minimum Gasteiger partial charge on any atom is -0.467 e. The molecule has 27 heavy (non-hydrogen) atoms. The van der Waals surface area contributed by atoms with Crippen LogP contribution in [0.25, 0.3) is 5.65 Å². The van der Waals surface area contributed by atoms with E-state index in [0.717, 1.165) is 0 Å². The number of aryl methyl sites for hydroxylation is 1. The highest BCUT2D eigenvalue weighted by Crippen LogP contribution is 2.15. The third-order valence-electron chi connectivity index (χ3n) is 4.33. The van der Waals surface area contributed by atoms with E-state index in [9.17, 15) is 14.4 Å². The van der Waals surface area contributed by atoms with Gasteiger partial charge in [0, 0.05) is 31.4 Å². The molecule has 146 valence electrons. The predicted octanol–water partition coefficient (Wildman–Crippen LogP) is -0.118. The van der Waals surface area contributed by atoms with Crippen molar-refractivity contribution in [3.05, 3.63) is 33.4 Å². The third kappa shape index (κ3) is 3.86. The van der Waals surface area contributed by atoms with Crippen LogP contribution in [0.15, 0.2) is 10.9 Å². The normalized spacial score (nSPS) is 17.8. The number of ether oxygens (including phenoxy) is 3. The number of fused-ring (bicyclic) bond motifs is 1. The second kappa shape index (κ2) is 7.89. The average molecular weight is 378 g/mol. The molecule has 1 aliphatic rings. The molecule has 1 fully saturated rings. The van der Waals surface area contributed by atoms with Crippen LogP contribution in [0.4, 0.5) is 0 Å². The molecule has 2 aromatic rings. The average Bonchev–Trinajstić information content (AvgIpc) is 2.98. The summed E-state index contributed by atoms with van der Waals surface area (Å²) >= 11 is 0. The standard InChI is InChI=1S/C17H22N4O6/c1-4-26-17(24)14-10(2)19-21-13(22)7-11(18-15(14)21)8-20-5-6-27-12(9-20)16(23)25-3/h7,12,19H,4-6,8-9H2,1-3H3/t12-/m1/s1. The number of aromatic nitrogens is 3. The molecule has 10 nitrogen and oxygen atoms in total. The summed E-state index contributed by atoms with van der Waals surface area (Å²) in [6.07, 6.45) is -0.668. The van der Waals surface area contributed by atoms with Crippen LogP contribution in [0.5, 0.6) is 0 Å². The second-order valence-corrected chi connectivity index (χ2v) is 6.19. The Balaban J connectivity index is 1.89. The number of methoxy groups -OCH3 is 1. The summed E-state index contributed by atoms with van der Waals surface area (Å²) in [6.45, 7) is 5.26. The second-order valence-electron chi connectivity index (χ2n) is 6.19. The van der Waals surface area contributed by atoms with Crippen LogP contribution in [0.1, 0.15) is 28.7 Å². The van der Waals surface area contributed by atoms with Gasteiger partial charge in [0.1, 0.15) is 5.56 Å². The number of aromatic amines is 1. The van der Waals surface area contributed by atoms with Crippen LogP contribution in [-0.2, 0) is 25.5 Å². The van der Waals surface area contributed by atoms with Crippen molar-refractivity contribution in [3.63, 3.8) is 0 Å². The maximum atomic E-state index is 12.4. The van der Waals surface area contributed by atoms with E-state index >= 15 is 0 Å². The molecule has 0 bridgehead atoms. The zero-order chi connectivity index (χ0) is 19.6. The minimum absolute atomic E-state index is 0.224. The Bertz CT molecular complexity index is 918. The van der Waals surface area contributed by atoms with Gasteiger partial charge < -0.3 is 14.2 Å². The van der Waals surface area contributed by atoms with Gasteiger partial charge in [0.25, 0.3) is 5.56 Å². The van der Waals surface area contributed by atoms with E-state index in [0.29, 0.717) is 37.6 Å². The van der Waals surface area contributed by atoms with Crippen LogP contribution >= 0.6 is 0 Å². The lowest BCUT2D eigenvalue weighted by Gasteiger charge is -2.31. The van der Waals surface area contributed by atoms with Crippen molar-refractivity contribution in [2.24, 2.45) is 0 Å². The first-order chi connectivity index (χ1) is 12.9. The summed E-state index contributed by atoms with van der Waals surface area (Å²) < 4.78 is 16.4. The van der Waals surface area contributed by atoms with Crippen molar-refractivity contribution >= 4 is 17.6 Å². The number of nitrogens with one attached hydrogen (secondary N) is 1. The zero-order valence-corrected chi connectivity index (χ0v) is 15.5. The van der Waals surface area contributed by atoms with Crippen LogP contribution < -0.4 is 5.56 Å². The molecule has 1 saturated heterocycles. The number of hydrogen-bond donors (Lipinski definition) is 1. The number of morpholine rings is 1. The highest BCUT2D eigenvalue weighted by atomic mass is 16.6. The predicted molar refractivity (Wildman–Crippen MR) is 93.5 cm³/mol. The van der Waals surface area contributed by atoms with Gasteiger partial charge in [-0.25, -0.2) is 19.1 Å². The highest BCUT2D eigenvalue weighted by molar-refractivity contribution is 5.97. The molecule has 0 aromatic carbocycles. The van der Waals surface area contributed by atoms with Gasteiger partial charge in [0.15, 0.2) is 11.8 Å². The molecule has 1 aliphatic heterocycles. The van der Waals surface area contributed by atoms with Crippen LogP contribution in [0, 0.1) is 6.92 Å². The van der Waals surface area contributed by atoms with Crippen molar-refractivity contribution in [3.8, 4) is 0 Å².